The summed E-state index contributed by atoms with van der Waals surface area (Å²) in [5.74, 6) is 1.50. The third kappa shape index (κ3) is 4.50. The van der Waals surface area contributed by atoms with Gasteiger partial charge in [0.2, 0.25) is 0 Å². The lowest BCUT2D eigenvalue weighted by Gasteiger charge is -2.18. The number of hydrogen-bond donors (Lipinski definition) is 1. The van der Waals surface area contributed by atoms with Crippen LogP contribution in [-0.4, -0.2) is 59.4 Å². The van der Waals surface area contributed by atoms with E-state index in [2.05, 4.69) is 27.3 Å². The molecule has 0 unspecified atom stereocenters. The van der Waals surface area contributed by atoms with Crippen LogP contribution >= 0.6 is 0 Å². The average Bonchev–Trinajstić information content (AvgIpc) is 3.54. The number of anilines is 1. The Hall–Kier alpha value is -2.47. The highest BCUT2D eigenvalue weighted by atomic mass is 16.2. The van der Waals surface area contributed by atoms with E-state index < -0.39 is 0 Å². The minimum Gasteiger partial charge on any atom is -0.369 e. The van der Waals surface area contributed by atoms with E-state index in [1.165, 1.54) is 18.4 Å². The lowest BCUT2D eigenvalue weighted by molar-refractivity contribution is 0.0828. The zero-order valence-corrected chi connectivity index (χ0v) is 16.8. The number of rotatable bonds is 6. The van der Waals surface area contributed by atoms with Crippen molar-refractivity contribution in [1.29, 1.82) is 0 Å². The van der Waals surface area contributed by atoms with Gasteiger partial charge in [0, 0.05) is 58.6 Å². The van der Waals surface area contributed by atoms with Gasteiger partial charge in [-0.15, -0.1) is 0 Å². The van der Waals surface area contributed by atoms with Gasteiger partial charge in [-0.25, -0.2) is 4.98 Å². The molecule has 1 amide bonds. The molecule has 1 N–H and O–H groups in total. The number of carbonyl (C=O) groups excluding carboxylic acids is 1. The van der Waals surface area contributed by atoms with Crippen LogP contribution in [-0.2, 0) is 19.4 Å². The van der Waals surface area contributed by atoms with Gasteiger partial charge in [0.15, 0.2) is 0 Å². The summed E-state index contributed by atoms with van der Waals surface area (Å²) in [4.78, 5) is 26.2. The minimum absolute atomic E-state index is 0.0168. The molecule has 0 aromatic carbocycles. The summed E-state index contributed by atoms with van der Waals surface area (Å²) in [6, 6.07) is 8.13. The van der Waals surface area contributed by atoms with Gasteiger partial charge in [-0.2, -0.15) is 0 Å². The molecular formula is C22H29N5O. The number of aromatic nitrogens is 2. The molecular weight excluding hydrogens is 350 g/mol. The van der Waals surface area contributed by atoms with Crippen molar-refractivity contribution >= 4 is 11.7 Å². The third-order valence-corrected chi connectivity index (χ3v) is 5.56. The molecule has 2 aliphatic rings. The Morgan fingerprint density at radius 1 is 1.25 bits per heavy atom. The molecule has 4 rings (SSSR count). The molecule has 1 saturated carbocycles. The van der Waals surface area contributed by atoms with Crippen molar-refractivity contribution in [3.8, 4) is 0 Å². The summed E-state index contributed by atoms with van der Waals surface area (Å²) in [6.07, 6.45) is 6.21. The monoisotopic (exact) mass is 379 g/mol. The van der Waals surface area contributed by atoms with Gasteiger partial charge in [0.05, 0.1) is 11.3 Å². The first-order valence-corrected chi connectivity index (χ1v) is 10.2. The molecule has 0 bridgehead atoms. The van der Waals surface area contributed by atoms with Gasteiger partial charge in [0.1, 0.15) is 5.82 Å². The molecule has 1 aliphatic heterocycles. The maximum Gasteiger partial charge on any atom is 0.257 e. The number of nitrogens with zero attached hydrogens (tertiary/aromatic N) is 4. The van der Waals surface area contributed by atoms with Gasteiger partial charge in [-0.1, -0.05) is 6.07 Å². The first-order valence-electron chi connectivity index (χ1n) is 10.2. The van der Waals surface area contributed by atoms with E-state index in [0.29, 0.717) is 5.56 Å². The Bertz CT molecular complexity index is 832. The second kappa shape index (κ2) is 8.27. The number of nitrogens with one attached hydrogen (secondary N) is 1. The Kier molecular flexibility index (Phi) is 5.57. The van der Waals surface area contributed by atoms with Gasteiger partial charge < -0.3 is 10.2 Å². The molecule has 1 aliphatic carbocycles. The SMILES string of the molecule is CN(C)C(=O)c1cc2c(nc1NCC1CC1)CCN(Cc1ccccn1)CC2. The zero-order valence-electron chi connectivity index (χ0n) is 16.8. The quantitative estimate of drug-likeness (QED) is 0.836. The van der Waals surface area contributed by atoms with Crippen LogP contribution in [0.1, 0.15) is 40.2 Å². The first kappa shape index (κ1) is 18.9. The molecule has 0 spiro atoms. The van der Waals surface area contributed by atoms with Crippen molar-refractivity contribution in [1.82, 2.24) is 19.8 Å². The second-order valence-corrected chi connectivity index (χ2v) is 8.11. The van der Waals surface area contributed by atoms with E-state index >= 15 is 0 Å². The maximum absolute atomic E-state index is 12.7. The van der Waals surface area contributed by atoms with Crippen LogP contribution < -0.4 is 5.32 Å². The molecule has 6 nitrogen and oxygen atoms in total. The summed E-state index contributed by atoms with van der Waals surface area (Å²) in [6.45, 7) is 3.67. The van der Waals surface area contributed by atoms with Crippen molar-refractivity contribution in [3.05, 3.63) is 53.0 Å². The zero-order chi connectivity index (χ0) is 19.5. The molecule has 6 heteroatoms. The van der Waals surface area contributed by atoms with Gasteiger partial charge in [-0.05, 0) is 48.9 Å². The van der Waals surface area contributed by atoms with Crippen LogP contribution in [0.2, 0.25) is 0 Å². The van der Waals surface area contributed by atoms with Crippen LogP contribution in [0.15, 0.2) is 30.5 Å². The average molecular weight is 380 g/mol. The number of amides is 1. The van der Waals surface area contributed by atoms with Crippen LogP contribution in [0, 0.1) is 5.92 Å². The smallest absolute Gasteiger partial charge is 0.257 e. The van der Waals surface area contributed by atoms with Crippen LogP contribution in [0.3, 0.4) is 0 Å². The summed E-state index contributed by atoms with van der Waals surface area (Å²) in [7, 11) is 3.60. The van der Waals surface area contributed by atoms with Crippen LogP contribution in [0.4, 0.5) is 5.82 Å². The third-order valence-electron chi connectivity index (χ3n) is 5.56. The molecule has 0 atom stereocenters. The molecule has 2 aromatic heterocycles. The van der Waals surface area contributed by atoms with Gasteiger partial charge in [-0.3, -0.25) is 14.7 Å². The second-order valence-electron chi connectivity index (χ2n) is 8.11. The van der Waals surface area contributed by atoms with Crippen LogP contribution in [0.5, 0.6) is 0 Å². The number of fused-ring (bicyclic) bond motifs is 1. The molecule has 0 saturated heterocycles. The van der Waals surface area contributed by atoms with Crippen LogP contribution in [0.25, 0.3) is 0 Å². The Balaban J connectivity index is 1.53. The fourth-order valence-corrected chi connectivity index (χ4v) is 3.66. The van der Waals surface area contributed by atoms with Gasteiger partial charge >= 0.3 is 0 Å². The highest BCUT2D eigenvalue weighted by molar-refractivity contribution is 5.98. The fourth-order valence-electron chi connectivity index (χ4n) is 3.66. The highest BCUT2D eigenvalue weighted by Crippen LogP contribution is 2.30. The van der Waals surface area contributed by atoms with Gasteiger partial charge in [0.25, 0.3) is 5.91 Å². The normalized spacial score (nSPS) is 16.9. The largest absolute Gasteiger partial charge is 0.369 e. The molecule has 1 fully saturated rings. The summed E-state index contributed by atoms with van der Waals surface area (Å²) >= 11 is 0. The number of hydrogen-bond acceptors (Lipinski definition) is 5. The molecule has 28 heavy (non-hydrogen) atoms. The van der Waals surface area contributed by atoms with Crippen molar-refractivity contribution in [2.45, 2.75) is 32.2 Å². The molecule has 148 valence electrons. The van der Waals surface area contributed by atoms with Crippen molar-refractivity contribution in [3.63, 3.8) is 0 Å². The molecule has 0 radical (unpaired) electrons. The predicted molar refractivity (Wildman–Crippen MR) is 110 cm³/mol. The summed E-state index contributed by atoms with van der Waals surface area (Å²) < 4.78 is 0. The lowest BCUT2D eigenvalue weighted by Crippen LogP contribution is -2.26. The number of carbonyl (C=O) groups is 1. The lowest BCUT2D eigenvalue weighted by atomic mass is 10.0. The standard InChI is InChI=1S/C22H29N5O/c1-26(2)22(28)19-13-17-8-11-27(15-18-5-3-4-10-23-18)12-9-20(17)25-21(19)24-14-16-6-7-16/h3-5,10,13,16H,6-9,11-12,14-15H2,1-2H3,(H,24,25). The minimum atomic E-state index is 0.0168. The van der Waals surface area contributed by atoms with E-state index in [4.69, 9.17) is 4.98 Å². The highest BCUT2D eigenvalue weighted by Gasteiger charge is 2.25. The number of pyridine rings is 2. The summed E-state index contributed by atoms with van der Waals surface area (Å²) in [5.41, 5.74) is 4.11. The van der Waals surface area contributed by atoms with Crippen molar-refractivity contribution in [2.75, 3.05) is 39.0 Å². The topological polar surface area (TPSA) is 61.4 Å². The first-order chi connectivity index (χ1) is 13.6. The summed E-state index contributed by atoms with van der Waals surface area (Å²) in [5, 5.41) is 3.45. The van der Waals surface area contributed by atoms with E-state index in [1.807, 2.05) is 18.3 Å². The van der Waals surface area contributed by atoms with E-state index in [1.54, 1.807) is 19.0 Å². The Morgan fingerprint density at radius 2 is 2.07 bits per heavy atom. The van der Waals surface area contributed by atoms with E-state index in [-0.39, 0.29) is 5.91 Å². The van der Waals surface area contributed by atoms with Crippen molar-refractivity contribution in [2.24, 2.45) is 5.92 Å². The predicted octanol–water partition coefficient (Wildman–Crippen LogP) is 2.60. The Morgan fingerprint density at radius 3 is 2.79 bits per heavy atom. The van der Waals surface area contributed by atoms with Crippen molar-refractivity contribution < 1.29 is 4.79 Å². The molecule has 3 heterocycles. The fraction of sp³-hybridized carbons (Fsp3) is 0.500. The van der Waals surface area contributed by atoms with E-state index in [9.17, 15) is 4.79 Å². The van der Waals surface area contributed by atoms with E-state index in [0.717, 1.165) is 62.1 Å². The Labute approximate surface area is 167 Å². The molecule has 2 aromatic rings. The maximum atomic E-state index is 12.7.